The Morgan fingerprint density at radius 2 is 1.43 bits per heavy atom. The Hall–Kier alpha value is -2.87. The summed E-state index contributed by atoms with van der Waals surface area (Å²) >= 11 is 5.63. The van der Waals surface area contributed by atoms with E-state index in [0.29, 0.717) is 33.9 Å². The molecule has 3 rings (SSSR count). The summed E-state index contributed by atoms with van der Waals surface area (Å²) < 4.78 is 27.7. The number of methoxy groups -OCH3 is 5. The molecule has 0 aliphatic carbocycles. The van der Waals surface area contributed by atoms with E-state index in [2.05, 4.69) is 10.2 Å². The number of fused-ring (bicyclic) bond motifs is 1. The second-order valence-corrected chi connectivity index (χ2v) is 7.15. The summed E-state index contributed by atoms with van der Waals surface area (Å²) in [6.07, 6.45) is 0.832. The molecule has 0 spiro atoms. The van der Waals surface area contributed by atoms with Crippen LogP contribution in [0.25, 0.3) is 0 Å². The van der Waals surface area contributed by atoms with Gasteiger partial charge in [0, 0.05) is 13.6 Å². The lowest BCUT2D eigenvalue weighted by atomic mass is 9.87. The van der Waals surface area contributed by atoms with Crippen LogP contribution in [0.15, 0.2) is 24.3 Å². The van der Waals surface area contributed by atoms with Gasteiger partial charge in [-0.2, -0.15) is 0 Å². The highest BCUT2D eigenvalue weighted by atomic mass is 32.1. The van der Waals surface area contributed by atoms with Crippen LogP contribution < -0.4 is 29.0 Å². The van der Waals surface area contributed by atoms with Crippen LogP contribution in [0.5, 0.6) is 28.7 Å². The van der Waals surface area contributed by atoms with E-state index in [1.807, 2.05) is 31.3 Å². The van der Waals surface area contributed by atoms with Gasteiger partial charge >= 0.3 is 0 Å². The third-order valence-corrected chi connectivity index (χ3v) is 5.79. The first-order valence-electron chi connectivity index (χ1n) is 9.55. The third-order valence-electron chi connectivity index (χ3n) is 5.35. The fourth-order valence-electron chi connectivity index (χ4n) is 3.93. The molecular weight excluding hydrogens is 404 g/mol. The molecule has 1 N–H and O–H groups in total. The Morgan fingerprint density at radius 3 is 1.93 bits per heavy atom. The maximum Gasteiger partial charge on any atom is 0.203 e. The van der Waals surface area contributed by atoms with Gasteiger partial charge in [-0.15, -0.1) is 0 Å². The Labute approximate surface area is 182 Å². The minimum atomic E-state index is -0.165. The molecule has 1 atom stereocenters. The van der Waals surface area contributed by atoms with Crippen molar-refractivity contribution in [1.29, 1.82) is 0 Å². The van der Waals surface area contributed by atoms with Crippen molar-refractivity contribution in [3.8, 4) is 28.7 Å². The summed E-state index contributed by atoms with van der Waals surface area (Å²) in [7, 11) is 9.93. The van der Waals surface area contributed by atoms with Crippen molar-refractivity contribution in [2.75, 3.05) is 49.1 Å². The fraction of sp³-hybridized carbons (Fsp3) is 0.409. The van der Waals surface area contributed by atoms with Crippen LogP contribution in [-0.2, 0) is 6.42 Å². The zero-order chi connectivity index (χ0) is 21.8. The van der Waals surface area contributed by atoms with Crippen LogP contribution in [0.3, 0.4) is 0 Å². The maximum absolute atomic E-state index is 5.63. The van der Waals surface area contributed by atoms with Gasteiger partial charge in [0.05, 0.1) is 41.6 Å². The highest BCUT2D eigenvalue weighted by Crippen LogP contribution is 2.45. The van der Waals surface area contributed by atoms with E-state index in [9.17, 15) is 0 Å². The molecule has 1 heterocycles. The molecule has 8 heteroatoms. The molecule has 0 radical (unpaired) electrons. The zero-order valence-corrected chi connectivity index (χ0v) is 19.0. The van der Waals surface area contributed by atoms with E-state index in [1.165, 1.54) is 5.56 Å². The monoisotopic (exact) mass is 432 g/mol. The first-order valence-corrected chi connectivity index (χ1v) is 9.96. The molecule has 0 amide bonds. The molecule has 0 fully saturated rings. The highest BCUT2D eigenvalue weighted by Gasteiger charge is 2.33. The van der Waals surface area contributed by atoms with Gasteiger partial charge in [0.25, 0.3) is 0 Å². The summed E-state index contributed by atoms with van der Waals surface area (Å²) in [5, 5.41) is 3.77. The van der Waals surface area contributed by atoms with Crippen LogP contribution in [0.1, 0.15) is 22.7 Å². The summed E-state index contributed by atoms with van der Waals surface area (Å²) in [5.41, 5.74) is 3.24. The largest absolute Gasteiger partial charge is 0.493 e. The Balaban J connectivity index is 2.25. The molecule has 30 heavy (non-hydrogen) atoms. The number of nitrogens with zero attached hydrogens (tertiary/aromatic N) is 1. The number of nitrogens with one attached hydrogen (secondary N) is 1. The lowest BCUT2D eigenvalue weighted by Gasteiger charge is -2.39. The van der Waals surface area contributed by atoms with Gasteiger partial charge in [0.2, 0.25) is 5.75 Å². The Kier molecular flexibility index (Phi) is 6.77. The molecule has 0 saturated heterocycles. The average molecular weight is 433 g/mol. The van der Waals surface area contributed by atoms with E-state index in [1.54, 1.807) is 35.5 Å². The molecule has 0 bridgehead atoms. The second-order valence-electron chi connectivity index (χ2n) is 6.77. The highest BCUT2D eigenvalue weighted by molar-refractivity contribution is 7.80. The van der Waals surface area contributed by atoms with E-state index >= 15 is 0 Å². The van der Waals surface area contributed by atoms with Gasteiger partial charge in [-0.25, -0.2) is 0 Å². The smallest absolute Gasteiger partial charge is 0.203 e. The van der Waals surface area contributed by atoms with Gasteiger partial charge in [-0.05, 0) is 59.6 Å². The predicted octanol–water partition coefficient (Wildman–Crippen LogP) is 3.18. The molecule has 1 aliphatic heterocycles. The van der Waals surface area contributed by atoms with Gasteiger partial charge in [0.1, 0.15) is 0 Å². The van der Waals surface area contributed by atoms with Crippen molar-refractivity contribution in [2.24, 2.45) is 0 Å². The quantitative estimate of drug-likeness (QED) is 0.699. The number of hydrogen-bond donors (Lipinski definition) is 1. The maximum atomic E-state index is 5.63. The van der Waals surface area contributed by atoms with Crippen molar-refractivity contribution in [3.05, 3.63) is 41.0 Å². The van der Waals surface area contributed by atoms with Crippen molar-refractivity contribution < 1.29 is 23.7 Å². The average Bonchev–Trinajstić information content (AvgIpc) is 2.80. The topological polar surface area (TPSA) is 61.4 Å². The molecule has 0 saturated carbocycles. The van der Waals surface area contributed by atoms with Gasteiger partial charge in [-0.3, -0.25) is 0 Å². The van der Waals surface area contributed by atoms with Crippen LogP contribution >= 0.6 is 12.2 Å². The first kappa shape index (κ1) is 21.8. The number of rotatable bonds is 6. The van der Waals surface area contributed by atoms with E-state index in [-0.39, 0.29) is 6.04 Å². The summed E-state index contributed by atoms with van der Waals surface area (Å²) in [4.78, 5) is 2.16. The van der Waals surface area contributed by atoms with Crippen molar-refractivity contribution >= 4 is 17.3 Å². The van der Waals surface area contributed by atoms with Crippen LogP contribution in [0.2, 0.25) is 0 Å². The SMILES string of the molecule is CNC(=S)N1CCc2cc(OC)c(OC)cc2[C@H]1c1cc(OC)c(OC)c(OC)c1. The summed E-state index contributed by atoms with van der Waals surface area (Å²) in [5.74, 6) is 3.12. The molecule has 1 aliphatic rings. The molecule has 0 aromatic heterocycles. The lowest BCUT2D eigenvalue weighted by Crippen LogP contribution is -2.44. The minimum absolute atomic E-state index is 0.165. The molecule has 162 valence electrons. The third kappa shape index (κ3) is 3.79. The lowest BCUT2D eigenvalue weighted by molar-refractivity contribution is 0.312. The van der Waals surface area contributed by atoms with E-state index in [0.717, 1.165) is 24.1 Å². The van der Waals surface area contributed by atoms with E-state index < -0.39 is 0 Å². The summed E-state index contributed by atoms with van der Waals surface area (Å²) in [6.45, 7) is 0.753. The molecule has 7 nitrogen and oxygen atoms in total. The molecule has 0 unspecified atom stereocenters. The second kappa shape index (κ2) is 9.30. The van der Waals surface area contributed by atoms with Crippen molar-refractivity contribution in [3.63, 3.8) is 0 Å². The molecule has 2 aromatic carbocycles. The standard InChI is InChI=1S/C22H28N2O5S/c1-23-22(30)24-8-7-13-9-16(25-2)17(26-3)12-15(13)20(24)14-10-18(27-4)21(29-6)19(11-14)28-5/h9-12,20H,7-8H2,1-6H3,(H,23,30)/t20-/m1/s1. The van der Waals surface area contributed by atoms with Crippen molar-refractivity contribution in [1.82, 2.24) is 10.2 Å². The number of benzene rings is 2. The van der Waals surface area contributed by atoms with Gasteiger partial charge < -0.3 is 33.9 Å². The van der Waals surface area contributed by atoms with E-state index in [4.69, 9.17) is 35.9 Å². The fourth-order valence-corrected chi connectivity index (χ4v) is 4.12. The molecule has 2 aromatic rings. The minimum Gasteiger partial charge on any atom is -0.493 e. The predicted molar refractivity (Wildman–Crippen MR) is 120 cm³/mol. The first-order chi connectivity index (χ1) is 14.5. The van der Waals surface area contributed by atoms with Crippen molar-refractivity contribution in [2.45, 2.75) is 12.5 Å². The Morgan fingerprint density at radius 1 is 0.867 bits per heavy atom. The normalized spacial score (nSPS) is 15.1. The van der Waals surface area contributed by atoms with Crippen LogP contribution in [0, 0.1) is 0 Å². The number of hydrogen-bond acceptors (Lipinski definition) is 6. The Bertz CT molecular complexity index is 909. The number of ether oxygens (including phenoxy) is 5. The number of thiocarbonyl (C=S) groups is 1. The van der Waals surface area contributed by atoms with Gasteiger partial charge in [-0.1, -0.05) is 0 Å². The van der Waals surface area contributed by atoms with Crippen LogP contribution in [-0.4, -0.2) is 59.2 Å². The zero-order valence-electron chi connectivity index (χ0n) is 18.2. The summed E-state index contributed by atoms with van der Waals surface area (Å²) in [6, 6.07) is 7.82. The van der Waals surface area contributed by atoms with Gasteiger partial charge in [0.15, 0.2) is 28.1 Å². The molecular formula is C22H28N2O5S. The van der Waals surface area contributed by atoms with Crippen LogP contribution in [0.4, 0.5) is 0 Å².